The van der Waals surface area contributed by atoms with Crippen molar-refractivity contribution in [3.63, 3.8) is 0 Å². The van der Waals surface area contributed by atoms with Crippen molar-refractivity contribution >= 4 is 0 Å². The van der Waals surface area contributed by atoms with Gasteiger partial charge in [0.2, 0.25) is 0 Å². The number of nitrogens with zero attached hydrogens (tertiary/aromatic N) is 1. The van der Waals surface area contributed by atoms with Crippen LogP contribution in [0.1, 0.15) is 30.9 Å². The molecule has 0 heterocycles. The largest absolute Gasteiger partial charge is 0.493 e. The highest BCUT2D eigenvalue weighted by molar-refractivity contribution is 5.30. The Morgan fingerprint density at radius 2 is 2.31 bits per heavy atom. The average molecular weight is 217 g/mol. The Kier molecular flexibility index (Phi) is 3.43. The number of benzene rings is 1. The van der Waals surface area contributed by atoms with Crippen molar-refractivity contribution in [2.75, 3.05) is 6.61 Å². The van der Waals surface area contributed by atoms with Gasteiger partial charge < -0.3 is 9.84 Å². The van der Waals surface area contributed by atoms with E-state index in [1.54, 1.807) is 0 Å². The molecule has 1 aliphatic carbocycles. The Morgan fingerprint density at radius 1 is 1.50 bits per heavy atom. The molecule has 0 radical (unpaired) electrons. The van der Waals surface area contributed by atoms with Crippen LogP contribution in [0, 0.1) is 17.2 Å². The molecule has 16 heavy (non-hydrogen) atoms. The molecule has 1 fully saturated rings. The van der Waals surface area contributed by atoms with Crippen LogP contribution in [0.4, 0.5) is 0 Å². The molecule has 0 amide bonds. The van der Waals surface area contributed by atoms with Crippen LogP contribution in [0.3, 0.4) is 0 Å². The monoisotopic (exact) mass is 217 g/mol. The molecule has 0 bridgehead atoms. The van der Waals surface area contributed by atoms with Crippen molar-refractivity contribution in [2.45, 2.75) is 25.4 Å². The molecule has 3 heteroatoms. The quantitative estimate of drug-likeness (QED) is 0.824. The van der Waals surface area contributed by atoms with Crippen LogP contribution in [-0.4, -0.2) is 11.7 Å². The van der Waals surface area contributed by atoms with E-state index in [1.807, 2.05) is 30.3 Å². The van der Waals surface area contributed by atoms with Gasteiger partial charge in [0.15, 0.2) is 0 Å². The van der Waals surface area contributed by atoms with Crippen molar-refractivity contribution in [2.24, 2.45) is 5.92 Å². The van der Waals surface area contributed by atoms with Crippen LogP contribution in [0.15, 0.2) is 24.3 Å². The van der Waals surface area contributed by atoms with Gasteiger partial charge in [0.25, 0.3) is 0 Å². The van der Waals surface area contributed by atoms with Crippen molar-refractivity contribution in [1.29, 1.82) is 5.26 Å². The first-order valence-electron chi connectivity index (χ1n) is 5.57. The van der Waals surface area contributed by atoms with Crippen LogP contribution in [0.5, 0.6) is 5.75 Å². The van der Waals surface area contributed by atoms with E-state index in [4.69, 9.17) is 10.00 Å². The number of hydrogen-bond donors (Lipinski definition) is 1. The van der Waals surface area contributed by atoms with Crippen LogP contribution in [0.2, 0.25) is 0 Å². The molecular weight excluding hydrogens is 202 g/mol. The minimum Gasteiger partial charge on any atom is -0.493 e. The number of hydrogen-bond acceptors (Lipinski definition) is 3. The van der Waals surface area contributed by atoms with E-state index in [0.717, 1.165) is 17.9 Å². The predicted octanol–water partition coefficient (Wildman–Crippen LogP) is 2.42. The zero-order chi connectivity index (χ0) is 11.4. The third kappa shape index (κ3) is 2.98. The Morgan fingerprint density at radius 3 is 3.00 bits per heavy atom. The van der Waals surface area contributed by atoms with E-state index < -0.39 is 6.10 Å². The third-order valence-corrected chi connectivity index (χ3v) is 2.71. The zero-order valence-electron chi connectivity index (χ0n) is 9.10. The van der Waals surface area contributed by atoms with E-state index in [9.17, 15) is 5.11 Å². The van der Waals surface area contributed by atoms with Gasteiger partial charge in [0, 0.05) is 0 Å². The van der Waals surface area contributed by atoms with Gasteiger partial charge in [-0.1, -0.05) is 12.1 Å². The van der Waals surface area contributed by atoms with Crippen LogP contribution in [0.25, 0.3) is 0 Å². The third-order valence-electron chi connectivity index (χ3n) is 2.71. The van der Waals surface area contributed by atoms with Crippen LogP contribution in [-0.2, 0) is 0 Å². The molecule has 1 unspecified atom stereocenters. The smallest absolute Gasteiger partial charge is 0.119 e. The Balaban J connectivity index is 1.97. The number of aliphatic hydroxyl groups is 1. The minimum atomic E-state index is -0.713. The van der Waals surface area contributed by atoms with Gasteiger partial charge in [-0.3, -0.25) is 0 Å². The highest BCUT2D eigenvalue weighted by Crippen LogP contribution is 2.30. The topological polar surface area (TPSA) is 53.2 Å². The fourth-order valence-corrected chi connectivity index (χ4v) is 1.51. The normalized spacial score (nSPS) is 16.5. The number of ether oxygens (including phenoxy) is 1. The molecule has 84 valence electrons. The molecular formula is C13H15NO2. The van der Waals surface area contributed by atoms with Gasteiger partial charge >= 0.3 is 0 Å². The van der Waals surface area contributed by atoms with Crippen molar-refractivity contribution in [3.8, 4) is 11.8 Å². The summed E-state index contributed by atoms with van der Waals surface area (Å²) in [6.45, 7) is 0.762. The van der Waals surface area contributed by atoms with Gasteiger partial charge in [-0.2, -0.15) is 5.26 Å². The second-order valence-corrected chi connectivity index (χ2v) is 4.20. The lowest BCUT2D eigenvalue weighted by Gasteiger charge is -2.10. The van der Waals surface area contributed by atoms with Gasteiger partial charge in [-0.25, -0.2) is 0 Å². The number of aliphatic hydroxyl groups excluding tert-OH is 1. The summed E-state index contributed by atoms with van der Waals surface area (Å²) in [5, 5.41) is 18.2. The summed E-state index contributed by atoms with van der Waals surface area (Å²) in [4.78, 5) is 0. The molecule has 3 nitrogen and oxygen atoms in total. The molecule has 1 atom stereocenters. The lowest BCUT2D eigenvalue weighted by Crippen LogP contribution is -2.01. The molecule has 2 rings (SSSR count). The van der Waals surface area contributed by atoms with Crippen molar-refractivity contribution in [3.05, 3.63) is 29.8 Å². The first-order chi connectivity index (χ1) is 7.79. The second kappa shape index (κ2) is 5.00. The molecule has 1 N–H and O–H groups in total. The lowest BCUT2D eigenvalue weighted by molar-refractivity contribution is 0.182. The van der Waals surface area contributed by atoms with Crippen molar-refractivity contribution < 1.29 is 9.84 Å². The summed E-state index contributed by atoms with van der Waals surface area (Å²) < 4.78 is 5.60. The fourth-order valence-electron chi connectivity index (χ4n) is 1.51. The maximum atomic E-state index is 9.66. The van der Waals surface area contributed by atoms with E-state index in [-0.39, 0.29) is 6.42 Å². The van der Waals surface area contributed by atoms with Gasteiger partial charge in [0.1, 0.15) is 5.75 Å². The fraction of sp³-hybridized carbons (Fsp3) is 0.462. The Bertz CT molecular complexity index is 393. The Labute approximate surface area is 95.3 Å². The number of nitriles is 1. The maximum absolute atomic E-state index is 9.66. The second-order valence-electron chi connectivity index (χ2n) is 4.20. The summed E-state index contributed by atoms with van der Waals surface area (Å²) >= 11 is 0. The Hall–Kier alpha value is -1.53. The van der Waals surface area contributed by atoms with Crippen LogP contribution < -0.4 is 4.74 Å². The molecule has 0 aromatic heterocycles. The van der Waals surface area contributed by atoms with Gasteiger partial charge in [0.05, 0.1) is 25.2 Å². The molecule has 1 saturated carbocycles. The van der Waals surface area contributed by atoms with Crippen LogP contribution >= 0.6 is 0 Å². The van der Waals surface area contributed by atoms with E-state index in [1.165, 1.54) is 12.8 Å². The first-order valence-corrected chi connectivity index (χ1v) is 5.57. The molecule has 0 spiro atoms. The average Bonchev–Trinajstić information content (AvgIpc) is 3.11. The summed E-state index contributed by atoms with van der Waals surface area (Å²) in [5.41, 5.74) is 0.745. The summed E-state index contributed by atoms with van der Waals surface area (Å²) in [6.07, 6.45) is 1.93. The summed E-state index contributed by atoms with van der Waals surface area (Å²) in [7, 11) is 0. The SMILES string of the molecule is N#CCC(O)c1cccc(OCC2CC2)c1. The zero-order valence-corrected chi connectivity index (χ0v) is 9.10. The maximum Gasteiger partial charge on any atom is 0.119 e. The van der Waals surface area contributed by atoms with Gasteiger partial charge in [-0.05, 0) is 36.5 Å². The van der Waals surface area contributed by atoms with E-state index in [2.05, 4.69) is 0 Å². The lowest BCUT2D eigenvalue weighted by atomic mass is 10.1. The minimum absolute atomic E-state index is 0.117. The highest BCUT2D eigenvalue weighted by Gasteiger charge is 2.21. The first kappa shape index (κ1) is 11.0. The molecule has 1 aliphatic rings. The molecule has 0 saturated heterocycles. The highest BCUT2D eigenvalue weighted by atomic mass is 16.5. The van der Waals surface area contributed by atoms with E-state index in [0.29, 0.717) is 5.92 Å². The van der Waals surface area contributed by atoms with Crippen molar-refractivity contribution in [1.82, 2.24) is 0 Å². The molecule has 1 aromatic rings. The van der Waals surface area contributed by atoms with Gasteiger partial charge in [-0.15, -0.1) is 0 Å². The molecule has 0 aliphatic heterocycles. The number of rotatable bonds is 5. The summed E-state index contributed by atoms with van der Waals surface area (Å²) in [5.74, 6) is 1.49. The standard InChI is InChI=1S/C13H15NO2/c14-7-6-13(15)11-2-1-3-12(8-11)16-9-10-4-5-10/h1-3,8,10,13,15H,4-6,9H2. The van der Waals surface area contributed by atoms with E-state index >= 15 is 0 Å². The summed E-state index contributed by atoms with van der Waals surface area (Å²) in [6, 6.07) is 9.30. The predicted molar refractivity (Wildman–Crippen MR) is 59.9 cm³/mol. The molecule has 1 aromatic carbocycles.